The van der Waals surface area contributed by atoms with Crippen LogP contribution in [-0.2, 0) is 18.0 Å². The molecule has 0 bridgehead atoms. The fourth-order valence-corrected chi connectivity index (χ4v) is 4.05. The Bertz CT molecular complexity index is 1620. The maximum Gasteiger partial charge on any atom is 0.353 e. The van der Waals surface area contributed by atoms with Gasteiger partial charge in [-0.15, -0.1) is 0 Å². The van der Waals surface area contributed by atoms with Crippen LogP contribution in [0.3, 0.4) is 0 Å². The highest BCUT2D eigenvalue weighted by atomic mass is 35.5. The quantitative estimate of drug-likeness (QED) is 0.0965. The third-order valence-electron chi connectivity index (χ3n) is 5.95. The van der Waals surface area contributed by atoms with Crippen LogP contribution in [0.2, 0.25) is 5.02 Å². The number of hydrogen-bond donors (Lipinski definition) is 0. The Labute approximate surface area is 231 Å². The standard InChI is InChI=1S/C32H23ClN2O4/c1-21(17-34)32(36)39-31-15-28(33)29(16-30(31)37-19-24-9-6-8-23(14-24)18-35)38-20-26-12-7-13-27(22(26)2)25-10-4-3-5-11-25/h3-16H,1,19-20H2,2H3. The zero-order valence-corrected chi connectivity index (χ0v) is 21.9. The molecule has 4 aromatic rings. The van der Waals surface area contributed by atoms with Gasteiger partial charge < -0.3 is 14.2 Å². The first-order valence-corrected chi connectivity index (χ1v) is 12.3. The van der Waals surface area contributed by atoms with Gasteiger partial charge in [-0.2, -0.15) is 10.5 Å². The van der Waals surface area contributed by atoms with E-state index < -0.39 is 5.97 Å². The van der Waals surface area contributed by atoms with Gasteiger partial charge in [0.2, 0.25) is 0 Å². The molecule has 0 saturated carbocycles. The van der Waals surface area contributed by atoms with Crippen molar-refractivity contribution in [3.63, 3.8) is 0 Å². The molecule has 0 amide bonds. The van der Waals surface area contributed by atoms with Crippen LogP contribution in [0.15, 0.2) is 97.1 Å². The van der Waals surface area contributed by atoms with E-state index in [1.165, 1.54) is 12.1 Å². The van der Waals surface area contributed by atoms with E-state index in [-0.39, 0.29) is 35.3 Å². The van der Waals surface area contributed by atoms with Gasteiger partial charge >= 0.3 is 5.97 Å². The molecule has 0 aromatic heterocycles. The van der Waals surface area contributed by atoms with E-state index in [0.29, 0.717) is 11.3 Å². The minimum absolute atomic E-state index is 0.00689. The Morgan fingerprint density at radius 3 is 2.36 bits per heavy atom. The average molecular weight is 535 g/mol. The lowest BCUT2D eigenvalue weighted by Gasteiger charge is -2.17. The number of carbonyl (C=O) groups excluding carboxylic acids is 1. The number of carbonyl (C=O) groups is 1. The van der Waals surface area contributed by atoms with E-state index in [0.717, 1.165) is 27.8 Å². The number of nitriles is 2. The minimum atomic E-state index is -0.924. The summed E-state index contributed by atoms with van der Waals surface area (Å²) in [7, 11) is 0. The first-order valence-electron chi connectivity index (χ1n) is 11.9. The highest BCUT2D eigenvalue weighted by molar-refractivity contribution is 6.32. The van der Waals surface area contributed by atoms with Crippen molar-refractivity contribution < 1.29 is 19.0 Å². The summed E-state index contributed by atoms with van der Waals surface area (Å²) in [5.74, 6) is -0.425. The summed E-state index contributed by atoms with van der Waals surface area (Å²) in [6.45, 7) is 5.74. The zero-order valence-electron chi connectivity index (χ0n) is 21.1. The van der Waals surface area contributed by atoms with E-state index in [1.807, 2.05) is 37.3 Å². The number of esters is 1. The van der Waals surface area contributed by atoms with Gasteiger partial charge in [0.25, 0.3) is 0 Å². The second-order valence-electron chi connectivity index (χ2n) is 8.55. The summed E-state index contributed by atoms with van der Waals surface area (Å²) in [4.78, 5) is 12.2. The van der Waals surface area contributed by atoms with Gasteiger partial charge in [-0.25, -0.2) is 4.79 Å². The summed E-state index contributed by atoms with van der Waals surface area (Å²) in [5, 5.41) is 18.4. The summed E-state index contributed by atoms with van der Waals surface area (Å²) >= 11 is 6.49. The van der Waals surface area contributed by atoms with Crippen molar-refractivity contribution in [1.29, 1.82) is 10.5 Å². The molecule has 4 aromatic carbocycles. The Kier molecular flexibility index (Phi) is 8.64. The highest BCUT2D eigenvalue weighted by Gasteiger charge is 2.18. The molecule has 0 N–H and O–H groups in total. The third kappa shape index (κ3) is 6.64. The molecule has 0 radical (unpaired) electrons. The second-order valence-corrected chi connectivity index (χ2v) is 8.96. The number of halogens is 1. The van der Waals surface area contributed by atoms with Crippen LogP contribution in [-0.4, -0.2) is 5.97 Å². The summed E-state index contributed by atoms with van der Waals surface area (Å²) in [6.07, 6.45) is 0. The molecule has 192 valence electrons. The highest BCUT2D eigenvalue weighted by Crippen LogP contribution is 2.39. The smallest absolute Gasteiger partial charge is 0.353 e. The molecule has 39 heavy (non-hydrogen) atoms. The van der Waals surface area contributed by atoms with Crippen LogP contribution in [0.5, 0.6) is 17.2 Å². The van der Waals surface area contributed by atoms with Crippen LogP contribution in [0.1, 0.15) is 22.3 Å². The first kappa shape index (κ1) is 27.0. The maximum absolute atomic E-state index is 12.2. The van der Waals surface area contributed by atoms with Gasteiger partial charge in [-0.3, -0.25) is 0 Å². The lowest BCUT2D eigenvalue weighted by Crippen LogP contribution is -2.11. The summed E-state index contributed by atoms with van der Waals surface area (Å²) in [6, 6.07) is 29.7. The fraction of sp³-hybridized carbons (Fsp3) is 0.0938. The Hall–Kier alpha value is -5.04. The van der Waals surface area contributed by atoms with E-state index in [4.69, 9.17) is 31.1 Å². The van der Waals surface area contributed by atoms with Gasteiger partial charge in [0.05, 0.1) is 16.7 Å². The van der Waals surface area contributed by atoms with Crippen molar-refractivity contribution in [3.8, 4) is 40.5 Å². The zero-order chi connectivity index (χ0) is 27.8. The SMILES string of the molecule is C=C(C#N)C(=O)Oc1cc(Cl)c(OCc2cccc(-c3ccccc3)c2C)cc1OCc1cccc(C#N)c1. The molecule has 0 aliphatic heterocycles. The fourth-order valence-electron chi connectivity index (χ4n) is 3.84. The molecule has 7 heteroatoms. The largest absolute Gasteiger partial charge is 0.487 e. The lowest BCUT2D eigenvalue weighted by atomic mass is 9.97. The second kappa shape index (κ2) is 12.5. The molecular formula is C32H23ClN2O4. The molecule has 6 nitrogen and oxygen atoms in total. The van der Waals surface area contributed by atoms with E-state index in [9.17, 15) is 10.1 Å². The molecule has 0 aliphatic carbocycles. The number of nitrogens with zero attached hydrogens (tertiary/aromatic N) is 2. The van der Waals surface area contributed by atoms with Crippen LogP contribution in [0.4, 0.5) is 0 Å². The summed E-state index contributed by atoms with van der Waals surface area (Å²) < 4.78 is 17.4. The van der Waals surface area contributed by atoms with Crippen LogP contribution < -0.4 is 14.2 Å². The lowest BCUT2D eigenvalue weighted by molar-refractivity contribution is -0.129. The van der Waals surface area contributed by atoms with Crippen molar-refractivity contribution in [2.24, 2.45) is 0 Å². The number of hydrogen-bond acceptors (Lipinski definition) is 6. The van der Waals surface area contributed by atoms with Crippen molar-refractivity contribution >= 4 is 17.6 Å². The number of ether oxygens (including phenoxy) is 3. The number of benzene rings is 4. The van der Waals surface area contributed by atoms with Gasteiger partial charge in [-0.05, 0) is 46.9 Å². The molecule has 0 fully saturated rings. The Morgan fingerprint density at radius 1 is 0.872 bits per heavy atom. The van der Waals surface area contributed by atoms with Crippen molar-refractivity contribution in [1.82, 2.24) is 0 Å². The van der Waals surface area contributed by atoms with Gasteiger partial charge in [0.15, 0.2) is 11.5 Å². The van der Waals surface area contributed by atoms with Crippen LogP contribution in [0, 0.1) is 29.6 Å². The van der Waals surface area contributed by atoms with Crippen LogP contribution in [0.25, 0.3) is 11.1 Å². The molecule has 0 atom stereocenters. The predicted octanol–water partition coefficient (Wildman–Crippen LogP) is 7.33. The van der Waals surface area contributed by atoms with Crippen molar-refractivity contribution in [3.05, 3.63) is 124 Å². The molecule has 0 heterocycles. The molecule has 4 rings (SSSR count). The molecule has 0 aliphatic rings. The normalized spacial score (nSPS) is 10.2. The average Bonchev–Trinajstić information content (AvgIpc) is 2.96. The predicted molar refractivity (Wildman–Crippen MR) is 148 cm³/mol. The van der Waals surface area contributed by atoms with E-state index in [1.54, 1.807) is 30.3 Å². The van der Waals surface area contributed by atoms with Crippen molar-refractivity contribution in [2.45, 2.75) is 20.1 Å². The van der Waals surface area contributed by atoms with Crippen LogP contribution >= 0.6 is 11.6 Å². The van der Waals surface area contributed by atoms with Crippen molar-refractivity contribution in [2.75, 3.05) is 0 Å². The topological polar surface area (TPSA) is 92.3 Å². The first-order chi connectivity index (χ1) is 18.9. The summed E-state index contributed by atoms with van der Waals surface area (Å²) in [5.41, 5.74) is 5.12. The minimum Gasteiger partial charge on any atom is -0.487 e. The third-order valence-corrected chi connectivity index (χ3v) is 6.24. The van der Waals surface area contributed by atoms with Gasteiger partial charge in [0.1, 0.15) is 30.6 Å². The van der Waals surface area contributed by atoms with E-state index in [2.05, 4.69) is 30.8 Å². The van der Waals surface area contributed by atoms with E-state index >= 15 is 0 Å². The Morgan fingerprint density at radius 2 is 1.62 bits per heavy atom. The monoisotopic (exact) mass is 534 g/mol. The molecular weight excluding hydrogens is 512 g/mol. The molecule has 0 saturated heterocycles. The number of rotatable bonds is 9. The van der Waals surface area contributed by atoms with Gasteiger partial charge in [-0.1, -0.05) is 78.8 Å². The maximum atomic E-state index is 12.2. The van der Waals surface area contributed by atoms with Gasteiger partial charge in [0, 0.05) is 12.1 Å². The molecule has 0 unspecified atom stereocenters. The molecule has 0 spiro atoms. The Balaban J connectivity index is 1.60.